The van der Waals surface area contributed by atoms with Gasteiger partial charge < -0.3 is 0 Å². The van der Waals surface area contributed by atoms with Gasteiger partial charge in [-0.25, -0.2) is 15.0 Å². The fraction of sp³-hybridized carbons (Fsp3) is 0.333. The van der Waals surface area contributed by atoms with Gasteiger partial charge in [-0.15, -0.1) is 11.3 Å². The minimum absolute atomic E-state index is 0.0914. The van der Waals surface area contributed by atoms with Crippen LogP contribution >= 0.6 is 23.1 Å². The van der Waals surface area contributed by atoms with E-state index in [9.17, 15) is 14.9 Å². The second-order valence-corrected chi connectivity index (χ2v) is 7.85. The molecule has 0 aromatic carbocycles. The quantitative estimate of drug-likeness (QED) is 0.389. The molecule has 0 spiro atoms. The number of hydrogen-bond acceptors (Lipinski definition) is 8. The Bertz CT molecular complexity index is 1020. The first-order valence-corrected chi connectivity index (χ1v) is 9.09. The number of nitro groups is 1. The summed E-state index contributed by atoms with van der Waals surface area (Å²) < 4.78 is 1.61. The molecule has 0 fully saturated rings. The van der Waals surface area contributed by atoms with Crippen molar-refractivity contribution in [1.82, 2.24) is 19.5 Å². The van der Waals surface area contributed by atoms with E-state index in [1.807, 2.05) is 27.7 Å². The molecule has 0 radical (unpaired) electrons. The van der Waals surface area contributed by atoms with Gasteiger partial charge >= 0.3 is 5.69 Å². The highest BCUT2D eigenvalue weighted by molar-refractivity contribution is 7.99. The van der Waals surface area contributed by atoms with Crippen molar-refractivity contribution in [2.45, 2.75) is 44.0 Å². The smallest absolute Gasteiger partial charge is 0.284 e. The molecular weight excluding hydrogens is 362 g/mol. The lowest BCUT2D eigenvalue weighted by Crippen LogP contribution is -2.25. The van der Waals surface area contributed by atoms with E-state index in [-0.39, 0.29) is 17.3 Å². The standard InChI is InChI=1S/C15H15N5O3S2/c1-7(2)19-13(21)11-8(3)9(4)24-12(11)18-15(19)25-14-16-5-10(6-17-14)20(22)23/h5-7H,1-4H3. The van der Waals surface area contributed by atoms with E-state index < -0.39 is 4.92 Å². The van der Waals surface area contributed by atoms with Gasteiger partial charge in [0.2, 0.25) is 0 Å². The van der Waals surface area contributed by atoms with Crippen molar-refractivity contribution in [2.24, 2.45) is 0 Å². The van der Waals surface area contributed by atoms with Crippen LogP contribution in [0.3, 0.4) is 0 Å². The van der Waals surface area contributed by atoms with Gasteiger partial charge in [0.25, 0.3) is 5.56 Å². The Morgan fingerprint density at radius 2 is 1.92 bits per heavy atom. The van der Waals surface area contributed by atoms with E-state index in [2.05, 4.69) is 15.0 Å². The third kappa shape index (κ3) is 3.14. The van der Waals surface area contributed by atoms with Crippen molar-refractivity contribution < 1.29 is 4.92 Å². The topological polar surface area (TPSA) is 104 Å². The summed E-state index contributed by atoms with van der Waals surface area (Å²) in [6.45, 7) is 7.70. The van der Waals surface area contributed by atoms with Gasteiger partial charge in [-0.3, -0.25) is 19.5 Å². The van der Waals surface area contributed by atoms with Gasteiger partial charge in [-0.2, -0.15) is 0 Å². The lowest BCUT2D eigenvalue weighted by molar-refractivity contribution is -0.385. The van der Waals surface area contributed by atoms with Gasteiger partial charge in [-0.05, 0) is 45.0 Å². The normalized spacial score (nSPS) is 11.4. The molecular formula is C15H15N5O3S2. The van der Waals surface area contributed by atoms with Gasteiger partial charge in [0.05, 0.1) is 10.3 Å². The summed E-state index contributed by atoms with van der Waals surface area (Å²) in [5.41, 5.74) is 0.680. The van der Waals surface area contributed by atoms with E-state index in [1.165, 1.54) is 11.3 Å². The second-order valence-electron chi connectivity index (χ2n) is 5.71. The molecule has 0 N–H and O–H groups in total. The Balaban J connectivity index is 2.13. The Morgan fingerprint density at radius 3 is 2.48 bits per heavy atom. The molecule has 25 heavy (non-hydrogen) atoms. The van der Waals surface area contributed by atoms with Gasteiger partial charge in [0.1, 0.15) is 17.2 Å². The van der Waals surface area contributed by atoms with Crippen LogP contribution in [0.1, 0.15) is 30.3 Å². The average molecular weight is 377 g/mol. The molecule has 0 amide bonds. The van der Waals surface area contributed by atoms with Crippen molar-refractivity contribution in [1.29, 1.82) is 0 Å². The maximum atomic E-state index is 12.9. The fourth-order valence-electron chi connectivity index (χ4n) is 2.35. The summed E-state index contributed by atoms with van der Waals surface area (Å²) >= 11 is 2.60. The van der Waals surface area contributed by atoms with Crippen molar-refractivity contribution in [2.75, 3.05) is 0 Å². The number of fused-ring (bicyclic) bond motifs is 1. The maximum Gasteiger partial charge on any atom is 0.305 e. The van der Waals surface area contributed by atoms with Crippen LogP contribution in [0.5, 0.6) is 0 Å². The highest BCUT2D eigenvalue weighted by Gasteiger charge is 2.20. The number of nitrogens with zero attached hydrogens (tertiary/aromatic N) is 5. The molecule has 10 heteroatoms. The molecule has 8 nitrogen and oxygen atoms in total. The zero-order valence-corrected chi connectivity index (χ0v) is 15.6. The zero-order valence-electron chi connectivity index (χ0n) is 14.0. The van der Waals surface area contributed by atoms with Crippen LogP contribution in [-0.2, 0) is 0 Å². The summed E-state index contributed by atoms with van der Waals surface area (Å²) in [5, 5.41) is 12.1. The minimum atomic E-state index is -0.556. The van der Waals surface area contributed by atoms with Crippen LogP contribution in [0, 0.1) is 24.0 Å². The number of hydrogen-bond donors (Lipinski definition) is 0. The highest BCUT2D eigenvalue weighted by Crippen LogP contribution is 2.31. The van der Waals surface area contributed by atoms with Crippen LogP contribution in [0.15, 0.2) is 27.5 Å². The van der Waals surface area contributed by atoms with Crippen molar-refractivity contribution in [3.8, 4) is 0 Å². The first-order chi connectivity index (χ1) is 11.8. The molecule has 0 atom stereocenters. The van der Waals surface area contributed by atoms with E-state index in [0.717, 1.165) is 34.6 Å². The van der Waals surface area contributed by atoms with E-state index in [4.69, 9.17) is 0 Å². The Kier molecular flexibility index (Phi) is 4.56. The molecule has 0 saturated heterocycles. The summed E-state index contributed by atoms with van der Waals surface area (Å²) in [5.74, 6) is 0. The zero-order chi connectivity index (χ0) is 18.3. The second kappa shape index (κ2) is 6.52. The van der Waals surface area contributed by atoms with Gasteiger partial charge in [-0.1, -0.05) is 0 Å². The Morgan fingerprint density at radius 1 is 1.28 bits per heavy atom. The first-order valence-electron chi connectivity index (χ1n) is 7.46. The predicted molar refractivity (Wildman–Crippen MR) is 96.5 cm³/mol. The summed E-state index contributed by atoms with van der Waals surface area (Å²) in [4.78, 5) is 37.4. The van der Waals surface area contributed by atoms with Crippen molar-refractivity contribution >= 4 is 39.0 Å². The van der Waals surface area contributed by atoms with Gasteiger partial charge in [0.15, 0.2) is 10.3 Å². The van der Waals surface area contributed by atoms with E-state index in [0.29, 0.717) is 20.5 Å². The molecule has 3 aromatic rings. The summed E-state index contributed by atoms with van der Waals surface area (Å²) in [6, 6.07) is -0.0930. The molecule has 130 valence electrons. The molecule has 3 heterocycles. The average Bonchev–Trinajstić information content (AvgIpc) is 2.82. The van der Waals surface area contributed by atoms with Crippen LogP contribution < -0.4 is 5.56 Å². The number of thiophene rings is 1. The van der Waals surface area contributed by atoms with Crippen LogP contribution in [-0.4, -0.2) is 24.4 Å². The highest BCUT2D eigenvalue weighted by atomic mass is 32.2. The number of aromatic nitrogens is 4. The first kappa shape index (κ1) is 17.5. The molecule has 0 aliphatic heterocycles. The van der Waals surface area contributed by atoms with Crippen LogP contribution in [0.4, 0.5) is 5.69 Å². The monoisotopic (exact) mass is 377 g/mol. The van der Waals surface area contributed by atoms with Crippen LogP contribution in [0.25, 0.3) is 10.2 Å². The van der Waals surface area contributed by atoms with Crippen LogP contribution in [0.2, 0.25) is 0 Å². The van der Waals surface area contributed by atoms with Crippen molar-refractivity contribution in [3.63, 3.8) is 0 Å². The SMILES string of the molecule is Cc1sc2nc(Sc3ncc([N+](=O)[O-])cn3)n(C(C)C)c(=O)c2c1C. The third-order valence-corrected chi connectivity index (χ3v) is 5.69. The molecule has 0 unspecified atom stereocenters. The van der Waals surface area contributed by atoms with E-state index in [1.54, 1.807) is 4.57 Å². The molecule has 0 bridgehead atoms. The summed E-state index contributed by atoms with van der Waals surface area (Å²) in [6.07, 6.45) is 2.29. The van der Waals surface area contributed by atoms with Crippen molar-refractivity contribution in [3.05, 3.63) is 43.3 Å². The fourth-order valence-corrected chi connectivity index (χ4v) is 4.33. The van der Waals surface area contributed by atoms with Gasteiger partial charge in [0, 0.05) is 10.9 Å². The lowest BCUT2D eigenvalue weighted by atomic mass is 10.2. The number of rotatable bonds is 4. The number of aryl methyl sites for hydroxylation is 2. The molecule has 0 aliphatic rings. The largest absolute Gasteiger partial charge is 0.305 e. The maximum absolute atomic E-state index is 12.9. The van der Waals surface area contributed by atoms with E-state index >= 15 is 0 Å². The summed E-state index contributed by atoms with van der Waals surface area (Å²) in [7, 11) is 0. The Hall–Kier alpha value is -2.33. The molecule has 3 aromatic heterocycles. The lowest BCUT2D eigenvalue weighted by Gasteiger charge is -2.14. The molecule has 0 aliphatic carbocycles. The predicted octanol–water partition coefficient (Wildman–Crippen LogP) is 3.51. The molecule has 3 rings (SSSR count). The minimum Gasteiger partial charge on any atom is -0.284 e. The third-order valence-electron chi connectivity index (χ3n) is 3.73. The molecule has 0 saturated carbocycles. The Labute approximate surface area is 151 Å².